The second kappa shape index (κ2) is 6.81. The molecule has 1 aromatic carbocycles. The van der Waals surface area contributed by atoms with Gasteiger partial charge >= 0.3 is 0 Å². The number of H-pyrrole nitrogens is 1. The minimum absolute atomic E-state index is 0.117. The summed E-state index contributed by atoms with van der Waals surface area (Å²) < 4.78 is 0. The van der Waals surface area contributed by atoms with Crippen molar-refractivity contribution in [3.63, 3.8) is 0 Å². The third kappa shape index (κ3) is 3.07. The molecule has 0 bridgehead atoms. The van der Waals surface area contributed by atoms with Gasteiger partial charge in [0.15, 0.2) is 0 Å². The predicted octanol–water partition coefficient (Wildman–Crippen LogP) is 2.15. The molecule has 2 aliphatic heterocycles. The highest BCUT2D eigenvalue weighted by atomic mass is 16.3. The lowest BCUT2D eigenvalue weighted by atomic mass is 9.91. The Labute approximate surface area is 148 Å². The number of aliphatic hydroxyl groups excluding tert-OH is 1. The minimum Gasteiger partial charge on any atom is -0.395 e. The van der Waals surface area contributed by atoms with Crippen LogP contribution in [0.15, 0.2) is 24.3 Å². The average Bonchev–Trinajstić information content (AvgIpc) is 2.99. The van der Waals surface area contributed by atoms with Gasteiger partial charge in [0, 0.05) is 47.7 Å². The molecule has 2 atom stereocenters. The van der Waals surface area contributed by atoms with Crippen LogP contribution in [-0.4, -0.2) is 58.1 Å². The Morgan fingerprint density at radius 1 is 1.32 bits per heavy atom. The number of nitrogens with one attached hydrogen (secondary N) is 1. The molecule has 2 unspecified atom stereocenters. The lowest BCUT2D eigenvalue weighted by Crippen LogP contribution is -2.51. The van der Waals surface area contributed by atoms with Gasteiger partial charge in [-0.05, 0) is 31.4 Å². The summed E-state index contributed by atoms with van der Waals surface area (Å²) in [5.41, 5.74) is 3.69. The number of hydrogen-bond donors (Lipinski definition) is 2. The van der Waals surface area contributed by atoms with Gasteiger partial charge in [0.2, 0.25) is 5.91 Å². The molecule has 0 saturated carbocycles. The van der Waals surface area contributed by atoms with Crippen LogP contribution in [0.2, 0.25) is 0 Å². The van der Waals surface area contributed by atoms with Gasteiger partial charge in [0.25, 0.3) is 0 Å². The first-order valence-electron chi connectivity index (χ1n) is 9.38. The van der Waals surface area contributed by atoms with E-state index < -0.39 is 0 Å². The van der Waals surface area contributed by atoms with Gasteiger partial charge < -0.3 is 15.0 Å². The first-order valence-corrected chi connectivity index (χ1v) is 9.38. The minimum atomic E-state index is 0.117. The molecular formula is C20H27N3O2. The van der Waals surface area contributed by atoms with E-state index in [1.54, 1.807) is 0 Å². The van der Waals surface area contributed by atoms with E-state index in [1.807, 2.05) is 11.0 Å². The van der Waals surface area contributed by atoms with Crippen LogP contribution in [-0.2, 0) is 17.8 Å². The van der Waals surface area contributed by atoms with Crippen LogP contribution < -0.4 is 0 Å². The Morgan fingerprint density at radius 2 is 2.16 bits per heavy atom. The van der Waals surface area contributed by atoms with Crippen molar-refractivity contribution in [2.75, 3.05) is 26.2 Å². The van der Waals surface area contributed by atoms with E-state index in [-0.39, 0.29) is 18.6 Å². The molecule has 1 amide bonds. The molecule has 2 aromatic rings. The van der Waals surface area contributed by atoms with Crippen molar-refractivity contribution < 1.29 is 9.90 Å². The number of benzene rings is 1. The Bertz CT molecular complexity index is 769. The molecule has 5 nitrogen and oxygen atoms in total. The molecule has 0 radical (unpaired) electrons. The number of aliphatic hydroxyl groups is 1. The van der Waals surface area contributed by atoms with Gasteiger partial charge in [-0.25, -0.2) is 0 Å². The number of aromatic amines is 1. The van der Waals surface area contributed by atoms with E-state index in [0.717, 1.165) is 37.9 Å². The molecule has 134 valence electrons. The molecule has 0 aliphatic carbocycles. The fourth-order valence-electron chi connectivity index (χ4n) is 4.48. The second-order valence-electron chi connectivity index (χ2n) is 7.53. The summed E-state index contributed by atoms with van der Waals surface area (Å²) in [5, 5.41) is 10.9. The standard InChI is InChI=1S/C20H27N3O2/c1-14-5-4-9-22(19(14)13-24)12-20(25)23-10-8-18-16(11-23)15-6-2-3-7-17(15)21-18/h2-3,6-7,14,19,21,24H,4-5,8-13H2,1H3. The number of carbonyl (C=O) groups is 1. The van der Waals surface area contributed by atoms with Crippen LogP contribution >= 0.6 is 0 Å². The van der Waals surface area contributed by atoms with Gasteiger partial charge in [-0.1, -0.05) is 25.1 Å². The summed E-state index contributed by atoms with van der Waals surface area (Å²) >= 11 is 0. The number of rotatable bonds is 3. The average molecular weight is 341 g/mol. The van der Waals surface area contributed by atoms with Gasteiger partial charge in [-0.2, -0.15) is 0 Å². The lowest BCUT2D eigenvalue weighted by molar-refractivity contribution is -0.135. The first-order chi connectivity index (χ1) is 12.2. The van der Waals surface area contributed by atoms with Crippen LogP contribution in [0.25, 0.3) is 10.9 Å². The van der Waals surface area contributed by atoms with Crippen molar-refractivity contribution in [2.45, 2.75) is 38.8 Å². The fourth-order valence-corrected chi connectivity index (χ4v) is 4.48. The summed E-state index contributed by atoms with van der Waals surface area (Å²) in [6, 6.07) is 8.44. The molecule has 0 spiro atoms. The number of fused-ring (bicyclic) bond motifs is 3. The zero-order valence-electron chi connectivity index (χ0n) is 14.9. The maximum atomic E-state index is 12.9. The molecule has 2 N–H and O–H groups in total. The molecule has 25 heavy (non-hydrogen) atoms. The summed E-state index contributed by atoms with van der Waals surface area (Å²) in [6.45, 7) is 5.11. The van der Waals surface area contributed by atoms with Gasteiger partial charge in [0.1, 0.15) is 0 Å². The first kappa shape index (κ1) is 16.6. The van der Waals surface area contributed by atoms with Crippen LogP contribution in [0, 0.1) is 5.92 Å². The fraction of sp³-hybridized carbons (Fsp3) is 0.550. The Morgan fingerprint density at radius 3 is 3.00 bits per heavy atom. The normalized spacial score (nSPS) is 24.5. The predicted molar refractivity (Wildman–Crippen MR) is 98.3 cm³/mol. The van der Waals surface area contributed by atoms with E-state index in [2.05, 4.69) is 35.0 Å². The van der Waals surface area contributed by atoms with Gasteiger partial charge in [-0.15, -0.1) is 0 Å². The van der Waals surface area contributed by atoms with Crippen LogP contribution in [0.1, 0.15) is 31.0 Å². The van der Waals surface area contributed by atoms with Crippen molar-refractivity contribution in [2.24, 2.45) is 5.92 Å². The number of likely N-dealkylation sites (tertiary alicyclic amines) is 1. The molecule has 1 aromatic heterocycles. The highest BCUT2D eigenvalue weighted by Crippen LogP contribution is 2.28. The number of carbonyl (C=O) groups excluding carboxylic acids is 1. The summed E-state index contributed by atoms with van der Waals surface area (Å²) in [5.74, 6) is 0.636. The number of nitrogens with zero attached hydrogens (tertiary/aromatic N) is 2. The maximum absolute atomic E-state index is 12.9. The third-order valence-electron chi connectivity index (χ3n) is 5.99. The largest absolute Gasteiger partial charge is 0.395 e. The molecule has 1 fully saturated rings. The molecule has 1 saturated heterocycles. The molecule has 3 heterocycles. The molecule has 5 heteroatoms. The molecule has 2 aliphatic rings. The quantitative estimate of drug-likeness (QED) is 0.899. The van der Waals surface area contributed by atoms with E-state index in [1.165, 1.54) is 16.6 Å². The molecule has 4 rings (SSSR count). The number of para-hydroxylation sites is 1. The Balaban J connectivity index is 1.48. The van der Waals surface area contributed by atoms with E-state index >= 15 is 0 Å². The number of aromatic nitrogens is 1. The number of hydrogen-bond acceptors (Lipinski definition) is 3. The van der Waals surface area contributed by atoms with Crippen molar-refractivity contribution in [1.82, 2.24) is 14.8 Å². The zero-order chi connectivity index (χ0) is 17.4. The van der Waals surface area contributed by atoms with Crippen molar-refractivity contribution in [3.05, 3.63) is 35.5 Å². The van der Waals surface area contributed by atoms with Crippen molar-refractivity contribution in [1.29, 1.82) is 0 Å². The van der Waals surface area contributed by atoms with Crippen LogP contribution in [0.5, 0.6) is 0 Å². The smallest absolute Gasteiger partial charge is 0.237 e. The van der Waals surface area contributed by atoms with Crippen molar-refractivity contribution >= 4 is 16.8 Å². The SMILES string of the molecule is CC1CCCN(CC(=O)N2CCc3[nH]c4ccccc4c3C2)C1CO. The Hall–Kier alpha value is -1.85. The summed E-state index contributed by atoms with van der Waals surface area (Å²) in [4.78, 5) is 20.6. The number of piperidine rings is 1. The number of amides is 1. The van der Waals surface area contributed by atoms with Gasteiger partial charge in [0.05, 0.1) is 13.2 Å². The second-order valence-corrected chi connectivity index (χ2v) is 7.53. The van der Waals surface area contributed by atoms with Crippen LogP contribution in [0.4, 0.5) is 0 Å². The third-order valence-corrected chi connectivity index (χ3v) is 5.99. The van der Waals surface area contributed by atoms with Crippen LogP contribution in [0.3, 0.4) is 0 Å². The van der Waals surface area contributed by atoms with E-state index in [0.29, 0.717) is 19.0 Å². The maximum Gasteiger partial charge on any atom is 0.237 e. The summed E-state index contributed by atoms with van der Waals surface area (Å²) in [6.07, 6.45) is 3.13. The van der Waals surface area contributed by atoms with Crippen molar-refractivity contribution in [3.8, 4) is 0 Å². The Kier molecular flexibility index (Phi) is 4.52. The highest BCUT2D eigenvalue weighted by Gasteiger charge is 2.31. The molecular weight excluding hydrogens is 314 g/mol. The zero-order valence-corrected chi connectivity index (χ0v) is 14.9. The van der Waals surface area contributed by atoms with E-state index in [4.69, 9.17) is 0 Å². The monoisotopic (exact) mass is 341 g/mol. The topological polar surface area (TPSA) is 59.6 Å². The van der Waals surface area contributed by atoms with Gasteiger partial charge in [-0.3, -0.25) is 9.69 Å². The highest BCUT2D eigenvalue weighted by molar-refractivity contribution is 5.86. The van der Waals surface area contributed by atoms with E-state index in [9.17, 15) is 9.90 Å². The lowest BCUT2D eigenvalue weighted by Gasteiger charge is -2.39. The summed E-state index contributed by atoms with van der Waals surface area (Å²) in [7, 11) is 0.